The van der Waals surface area contributed by atoms with E-state index in [1.807, 2.05) is 5.38 Å². The summed E-state index contributed by atoms with van der Waals surface area (Å²) in [5, 5.41) is 2.65. The highest BCUT2D eigenvalue weighted by Gasteiger charge is 2.25. The minimum absolute atomic E-state index is 0.153. The molecule has 0 saturated carbocycles. The van der Waals surface area contributed by atoms with Crippen LogP contribution in [0, 0.1) is 0 Å². The van der Waals surface area contributed by atoms with E-state index in [1.165, 1.54) is 24.2 Å². The third kappa shape index (κ3) is 2.15. The lowest BCUT2D eigenvalue weighted by Gasteiger charge is -2.19. The van der Waals surface area contributed by atoms with Crippen molar-refractivity contribution in [2.24, 2.45) is 0 Å². The molecule has 0 amide bonds. The zero-order valence-electron chi connectivity index (χ0n) is 7.66. The van der Waals surface area contributed by atoms with Gasteiger partial charge in [-0.1, -0.05) is 18.0 Å². The Hall–Kier alpha value is 0.01000. The van der Waals surface area contributed by atoms with Crippen molar-refractivity contribution < 1.29 is 4.79 Å². The minimum Gasteiger partial charge on any atom is -0.292 e. The number of Topliss-reactive ketones (excluding diaryl/α,β-unsaturated/α-hetero) is 1. The predicted molar refractivity (Wildman–Crippen MR) is 63.8 cm³/mol. The van der Waals surface area contributed by atoms with Crippen LogP contribution in [0.5, 0.6) is 0 Å². The van der Waals surface area contributed by atoms with Crippen LogP contribution < -0.4 is 0 Å². The first kappa shape index (κ1) is 10.5. The van der Waals surface area contributed by atoms with Crippen LogP contribution in [0.25, 0.3) is 0 Å². The SMILES string of the molecule is O=C(c1sccc1Cl)C1CCCCS1. The van der Waals surface area contributed by atoms with E-state index in [2.05, 4.69) is 0 Å². The van der Waals surface area contributed by atoms with Crippen LogP contribution in [0.2, 0.25) is 5.02 Å². The predicted octanol–water partition coefficient (Wildman–Crippen LogP) is 3.87. The zero-order valence-corrected chi connectivity index (χ0v) is 10.1. The second-order valence-electron chi connectivity index (χ2n) is 3.32. The fourth-order valence-corrected chi connectivity index (χ4v) is 4.04. The highest BCUT2D eigenvalue weighted by Crippen LogP contribution is 2.32. The molecule has 1 unspecified atom stereocenters. The monoisotopic (exact) mass is 246 g/mol. The molecule has 0 aromatic carbocycles. The van der Waals surface area contributed by atoms with Gasteiger partial charge in [-0.05, 0) is 30.0 Å². The summed E-state index contributed by atoms with van der Waals surface area (Å²) in [5.41, 5.74) is 0. The molecule has 2 heterocycles. The fraction of sp³-hybridized carbons (Fsp3) is 0.500. The average molecular weight is 247 g/mol. The maximum atomic E-state index is 12.0. The number of carbonyl (C=O) groups is 1. The lowest BCUT2D eigenvalue weighted by atomic mass is 10.1. The maximum absolute atomic E-state index is 12.0. The molecule has 1 saturated heterocycles. The Morgan fingerprint density at radius 1 is 1.50 bits per heavy atom. The van der Waals surface area contributed by atoms with Crippen molar-refractivity contribution in [1.29, 1.82) is 0 Å². The van der Waals surface area contributed by atoms with Crippen molar-refractivity contribution >= 4 is 40.5 Å². The van der Waals surface area contributed by atoms with Crippen LogP contribution in [-0.4, -0.2) is 16.8 Å². The molecule has 0 aliphatic carbocycles. The molecular formula is C10H11ClOS2. The molecule has 2 rings (SSSR count). The summed E-state index contributed by atoms with van der Waals surface area (Å²) in [4.78, 5) is 12.7. The van der Waals surface area contributed by atoms with Gasteiger partial charge in [0.05, 0.1) is 15.1 Å². The number of carbonyl (C=O) groups excluding carboxylic acids is 1. The van der Waals surface area contributed by atoms with E-state index in [0.29, 0.717) is 5.02 Å². The van der Waals surface area contributed by atoms with Gasteiger partial charge in [0, 0.05) is 0 Å². The Bertz CT molecular complexity index is 329. The topological polar surface area (TPSA) is 17.1 Å². The molecule has 1 aliphatic heterocycles. The highest BCUT2D eigenvalue weighted by molar-refractivity contribution is 8.00. The third-order valence-electron chi connectivity index (χ3n) is 2.31. The normalized spacial score (nSPS) is 22.2. The van der Waals surface area contributed by atoms with Gasteiger partial charge in [-0.3, -0.25) is 4.79 Å². The number of hydrogen-bond donors (Lipinski definition) is 0. The van der Waals surface area contributed by atoms with E-state index in [0.717, 1.165) is 17.1 Å². The van der Waals surface area contributed by atoms with Crippen molar-refractivity contribution in [1.82, 2.24) is 0 Å². The zero-order chi connectivity index (χ0) is 9.97. The molecule has 14 heavy (non-hydrogen) atoms. The molecule has 0 spiro atoms. The van der Waals surface area contributed by atoms with Gasteiger partial charge in [-0.15, -0.1) is 11.3 Å². The molecular weight excluding hydrogens is 236 g/mol. The second-order valence-corrected chi connectivity index (χ2v) is 5.95. The lowest BCUT2D eigenvalue weighted by molar-refractivity contribution is 0.0989. The van der Waals surface area contributed by atoms with Crippen LogP contribution in [0.4, 0.5) is 0 Å². The van der Waals surface area contributed by atoms with Crippen molar-refractivity contribution in [2.45, 2.75) is 24.5 Å². The summed E-state index contributed by atoms with van der Waals surface area (Å²) >= 11 is 9.17. The molecule has 0 N–H and O–H groups in total. The number of rotatable bonds is 2. The summed E-state index contributed by atoms with van der Waals surface area (Å²) in [7, 11) is 0. The van der Waals surface area contributed by atoms with E-state index in [1.54, 1.807) is 17.8 Å². The van der Waals surface area contributed by atoms with Crippen LogP contribution in [0.15, 0.2) is 11.4 Å². The molecule has 1 nitrogen and oxygen atoms in total. The number of ketones is 1. The molecule has 1 atom stereocenters. The first-order chi connectivity index (χ1) is 6.79. The average Bonchev–Trinajstić information content (AvgIpc) is 2.65. The van der Waals surface area contributed by atoms with Crippen LogP contribution in [-0.2, 0) is 0 Å². The smallest absolute Gasteiger partial charge is 0.187 e. The van der Waals surface area contributed by atoms with E-state index in [9.17, 15) is 4.79 Å². The molecule has 0 radical (unpaired) electrons. The molecule has 1 aromatic rings. The van der Waals surface area contributed by atoms with Gasteiger partial charge in [0.2, 0.25) is 0 Å². The summed E-state index contributed by atoms with van der Waals surface area (Å²) in [6, 6.07) is 1.80. The van der Waals surface area contributed by atoms with Gasteiger partial charge in [0.15, 0.2) is 5.78 Å². The van der Waals surface area contributed by atoms with Gasteiger partial charge in [-0.2, -0.15) is 11.8 Å². The van der Waals surface area contributed by atoms with Crippen molar-refractivity contribution in [3.63, 3.8) is 0 Å². The van der Waals surface area contributed by atoms with Crippen molar-refractivity contribution in [2.75, 3.05) is 5.75 Å². The number of halogens is 1. The number of thioether (sulfide) groups is 1. The number of hydrogen-bond acceptors (Lipinski definition) is 3. The quantitative estimate of drug-likeness (QED) is 0.737. The lowest BCUT2D eigenvalue weighted by Crippen LogP contribution is -2.20. The summed E-state index contributed by atoms with van der Waals surface area (Å²) in [6.07, 6.45) is 3.43. The Balaban J connectivity index is 2.11. The summed E-state index contributed by atoms with van der Waals surface area (Å²) < 4.78 is 0. The van der Waals surface area contributed by atoms with E-state index < -0.39 is 0 Å². The Labute approximate surface area is 96.8 Å². The largest absolute Gasteiger partial charge is 0.292 e. The molecule has 4 heteroatoms. The van der Waals surface area contributed by atoms with Gasteiger partial charge in [-0.25, -0.2) is 0 Å². The van der Waals surface area contributed by atoms with Crippen LogP contribution >= 0.6 is 34.7 Å². The molecule has 1 aromatic heterocycles. The highest BCUT2D eigenvalue weighted by atomic mass is 35.5. The Morgan fingerprint density at radius 3 is 2.93 bits per heavy atom. The van der Waals surface area contributed by atoms with Crippen LogP contribution in [0.1, 0.15) is 28.9 Å². The first-order valence-electron chi connectivity index (χ1n) is 4.68. The molecule has 1 aliphatic rings. The third-order valence-corrected chi connectivity index (χ3v) is 5.05. The maximum Gasteiger partial charge on any atom is 0.187 e. The van der Waals surface area contributed by atoms with Gasteiger partial charge >= 0.3 is 0 Å². The first-order valence-corrected chi connectivity index (χ1v) is 6.98. The van der Waals surface area contributed by atoms with E-state index in [4.69, 9.17) is 11.6 Å². The summed E-state index contributed by atoms with van der Waals surface area (Å²) in [6.45, 7) is 0. The van der Waals surface area contributed by atoms with Crippen molar-refractivity contribution in [3.8, 4) is 0 Å². The number of thiophene rings is 1. The Kier molecular flexibility index (Phi) is 3.52. The van der Waals surface area contributed by atoms with E-state index in [-0.39, 0.29) is 11.0 Å². The second kappa shape index (κ2) is 4.69. The fourth-order valence-electron chi connectivity index (χ4n) is 1.56. The Morgan fingerprint density at radius 2 is 2.36 bits per heavy atom. The molecule has 0 bridgehead atoms. The van der Waals surface area contributed by atoms with Crippen molar-refractivity contribution in [3.05, 3.63) is 21.3 Å². The standard InChI is InChI=1S/C10H11ClOS2/c11-7-4-6-14-10(7)9(12)8-3-1-2-5-13-8/h4,6,8H,1-3,5H2. The van der Waals surface area contributed by atoms with Gasteiger partial charge in [0.1, 0.15) is 0 Å². The van der Waals surface area contributed by atoms with Crippen LogP contribution in [0.3, 0.4) is 0 Å². The molecule has 76 valence electrons. The van der Waals surface area contributed by atoms with Gasteiger partial charge in [0.25, 0.3) is 0 Å². The summed E-state index contributed by atoms with van der Waals surface area (Å²) in [5.74, 6) is 1.34. The van der Waals surface area contributed by atoms with E-state index >= 15 is 0 Å². The molecule has 1 fully saturated rings. The minimum atomic E-state index is 0.153. The van der Waals surface area contributed by atoms with Gasteiger partial charge < -0.3 is 0 Å².